The van der Waals surface area contributed by atoms with Crippen LogP contribution in [0.3, 0.4) is 0 Å². The van der Waals surface area contributed by atoms with Crippen molar-refractivity contribution in [2.24, 2.45) is 0 Å². The molecule has 0 atom stereocenters. The van der Waals surface area contributed by atoms with E-state index in [2.05, 4.69) is 27.8 Å². The highest BCUT2D eigenvalue weighted by molar-refractivity contribution is 8.00. The molecule has 0 amide bonds. The summed E-state index contributed by atoms with van der Waals surface area (Å²) < 4.78 is 3.35. The maximum absolute atomic E-state index is 4.65. The van der Waals surface area contributed by atoms with Crippen LogP contribution in [0.15, 0.2) is 91.1 Å². The molecule has 0 aliphatic heterocycles. The first-order valence-corrected chi connectivity index (χ1v) is 8.32. The molecular weight excluding hydrogens is 314 g/mol. The summed E-state index contributed by atoms with van der Waals surface area (Å²) in [6.07, 6.45) is 7.21. The number of nitrogens with one attached hydrogen (secondary N) is 1. The first kappa shape index (κ1) is 16.0. The zero-order valence-corrected chi connectivity index (χ0v) is 14.0. The Labute approximate surface area is 146 Å². The zero-order valence-electron chi connectivity index (χ0n) is 13.1. The number of hydrogen-bond donors (Lipinski definition) is 1. The van der Waals surface area contributed by atoms with Gasteiger partial charge in [-0.1, -0.05) is 55.7 Å². The fourth-order valence-electron chi connectivity index (χ4n) is 2.31. The average Bonchev–Trinajstić information content (AvgIpc) is 2.64. The van der Waals surface area contributed by atoms with Gasteiger partial charge in [-0.15, -0.1) is 0 Å². The Morgan fingerprint density at radius 1 is 1.04 bits per heavy atom. The van der Waals surface area contributed by atoms with Crippen molar-refractivity contribution in [2.75, 3.05) is 4.72 Å². The Morgan fingerprint density at radius 3 is 2.71 bits per heavy atom. The minimum atomic E-state index is 0.868. The van der Waals surface area contributed by atoms with Gasteiger partial charge in [0.2, 0.25) is 0 Å². The average molecular weight is 331 g/mol. The maximum atomic E-state index is 4.65. The van der Waals surface area contributed by atoms with Crippen molar-refractivity contribution >= 4 is 34.1 Å². The van der Waals surface area contributed by atoms with E-state index in [4.69, 9.17) is 0 Å². The van der Waals surface area contributed by atoms with Crippen LogP contribution < -0.4 is 4.72 Å². The molecule has 2 heterocycles. The van der Waals surface area contributed by atoms with Gasteiger partial charge in [-0.2, -0.15) is 0 Å². The molecule has 24 heavy (non-hydrogen) atoms. The summed E-state index contributed by atoms with van der Waals surface area (Å²) in [5.74, 6) is 0. The predicted molar refractivity (Wildman–Crippen MR) is 104 cm³/mol. The normalized spacial score (nSPS) is 11.2. The third kappa shape index (κ3) is 3.55. The first-order chi connectivity index (χ1) is 11.8. The van der Waals surface area contributed by atoms with Crippen LogP contribution in [0.5, 0.6) is 0 Å². The second-order valence-electron chi connectivity index (χ2n) is 5.01. The van der Waals surface area contributed by atoms with Gasteiger partial charge in [-0.25, -0.2) is 4.98 Å². The second-order valence-corrected chi connectivity index (χ2v) is 5.83. The van der Waals surface area contributed by atoms with E-state index in [1.807, 2.05) is 54.6 Å². The van der Waals surface area contributed by atoms with E-state index < -0.39 is 0 Å². The predicted octanol–water partition coefficient (Wildman–Crippen LogP) is 5.50. The molecule has 4 heteroatoms. The smallest absolute Gasteiger partial charge is 0.117 e. The second kappa shape index (κ2) is 7.62. The molecule has 0 unspecified atom stereocenters. The summed E-state index contributed by atoms with van der Waals surface area (Å²) in [7, 11) is 0. The molecule has 118 valence electrons. The molecule has 1 aromatic carbocycles. The quantitative estimate of drug-likeness (QED) is 0.478. The van der Waals surface area contributed by atoms with Gasteiger partial charge in [-0.3, -0.25) is 4.98 Å². The Balaban J connectivity index is 1.83. The van der Waals surface area contributed by atoms with E-state index in [9.17, 15) is 0 Å². The fourth-order valence-corrected chi connectivity index (χ4v) is 2.98. The van der Waals surface area contributed by atoms with Crippen LogP contribution in [-0.4, -0.2) is 9.97 Å². The molecule has 0 radical (unpaired) electrons. The number of rotatable bonds is 6. The van der Waals surface area contributed by atoms with Gasteiger partial charge in [0.05, 0.1) is 16.9 Å². The first-order valence-electron chi connectivity index (χ1n) is 7.51. The van der Waals surface area contributed by atoms with Gasteiger partial charge in [0, 0.05) is 23.5 Å². The number of para-hydroxylation sites is 1. The molecule has 0 aliphatic carbocycles. The number of allylic oxidation sites excluding steroid dienone is 4. The van der Waals surface area contributed by atoms with E-state index in [1.54, 1.807) is 18.3 Å². The Kier molecular flexibility index (Phi) is 5.08. The van der Waals surface area contributed by atoms with Crippen LogP contribution in [0.25, 0.3) is 16.5 Å². The van der Waals surface area contributed by atoms with Crippen molar-refractivity contribution in [1.29, 1.82) is 0 Å². The van der Waals surface area contributed by atoms with Crippen molar-refractivity contribution in [3.05, 3.63) is 91.8 Å². The van der Waals surface area contributed by atoms with Crippen molar-refractivity contribution in [1.82, 2.24) is 9.97 Å². The lowest BCUT2D eigenvalue weighted by Crippen LogP contribution is -1.93. The van der Waals surface area contributed by atoms with Crippen molar-refractivity contribution in [3.63, 3.8) is 0 Å². The van der Waals surface area contributed by atoms with Gasteiger partial charge >= 0.3 is 0 Å². The van der Waals surface area contributed by atoms with Gasteiger partial charge in [0.25, 0.3) is 0 Å². The summed E-state index contributed by atoms with van der Waals surface area (Å²) in [6, 6.07) is 16.0. The molecule has 0 bridgehead atoms. The highest BCUT2D eigenvalue weighted by Gasteiger charge is 2.04. The number of benzene rings is 1. The molecular formula is C20H17N3S. The molecule has 0 saturated carbocycles. The third-order valence-corrected chi connectivity index (χ3v) is 4.19. The molecule has 1 N–H and O–H groups in total. The topological polar surface area (TPSA) is 37.8 Å². The van der Waals surface area contributed by atoms with E-state index in [0.717, 1.165) is 32.9 Å². The molecule has 0 spiro atoms. The molecule has 3 rings (SSSR count). The summed E-state index contributed by atoms with van der Waals surface area (Å²) in [5.41, 5.74) is 3.73. The third-order valence-electron chi connectivity index (χ3n) is 3.43. The fraction of sp³-hybridized carbons (Fsp3) is 0. The SMILES string of the molecule is C=C/C=C(\C=C)c1cccc(SNc2cccc3cccnc23)n1. The molecule has 3 nitrogen and oxygen atoms in total. The number of anilines is 1. The minimum Gasteiger partial charge on any atom is -0.322 e. The van der Waals surface area contributed by atoms with Crippen LogP contribution >= 0.6 is 11.9 Å². The number of fused-ring (bicyclic) bond motifs is 1. The lowest BCUT2D eigenvalue weighted by atomic mass is 10.1. The summed E-state index contributed by atoms with van der Waals surface area (Å²) in [4.78, 5) is 9.10. The highest BCUT2D eigenvalue weighted by atomic mass is 32.2. The number of pyridine rings is 2. The van der Waals surface area contributed by atoms with Crippen molar-refractivity contribution < 1.29 is 0 Å². The summed E-state index contributed by atoms with van der Waals surface area (Å²) >= 11 is 1.46. The lowest BCUT2D eigenvalue weighted by molar-refractivity contribution is 1.11. The lowest BCUT2D eigenvalue weighted by Gasteiger charge is -2.09. The van der Waals surface area contributed by atoms with Crippen molar-refractivity contribution in [3.8, 4) is 0 Å². The zero-order chi connectivity index (χ0) is 16.8. The van der Waals surface area contributed by atoms with E-state index >= 15 is 0 Å². The summed E-state index contributed by atoms with van der Waals surface area (Å²) in [5, 5.41) is 1.98. The van der Waals surface area contributed by atoms with Gasteiger partial charge in [-0.05, 0) is 29.8 Å². The van der Waals surface area contributed by atoms with Crippen LogP contribution in [0.4, 0.5) is 5.69 Å². The van der Waals surface area contributed by atoms with Crippen LogP contribution in [0.2, 0.25) is 0 Å². The minimum absolute atomic E-state index is 0.868. The Hall–Kier alpha value is -2.85. The number of hydrogen-bond acceptors (Lipinski definition) is 4. The van der Waals surface area contributed by atoms with E-state index in [-0.39, 0.29) is 0 Å². The Morgan fingerprint density at radius 2 is 1.88 bits per heavy atom. The van der Waals surface area contributed by atoms with Gasteiger partial charge in [0.1, 0.15) is 5.03 Å². The molecule has 0 fully saturated rings. The maximum Gasteiger partial charge on any atom is 0.117 e. The monoisotopic (exact) mass is 331 g/mol. The van der Waals surface area contributed by atoms with Crippen LogP contribution in [0, 0.1) is 0 Å². The van der Waals surface area contributed by atoms with Gasteiger partial charge in [0.15, 0.2) is 0 Å². The van der Waals surface area contributed by atoms with Crippen LogP contribution in [0.1, 0.15) is 5.69 Å². The molecule has 0 aliphatic rings. The Bertz CT molecular complexity index is 910. The number of aromatic nitrogens is 2. The molecule has 3 aromatic rings. The highest BCUT2D eigenvalue weighted by Crippen LogP contribution is 2.26. The van der Waals surface area contributed by atoms with Crippen molar-refractivity contribution in [2.45, 2.75) is 5.03 Å². The van der Waals surface area contributed by atoms with Gasteiger partial charge < -0.3 is 4.72 Å². The molecule has 2 aromatic heterocycles. The summed E-state index contributed by atoms with van der Waals surface area (Å²) in [6.45, 7) is 7.55. The largest absolute Gasteiger partial charge is 0.322 e. The van der Waals surface area contributed by atoms with E-state index in [1.165, 1.54) is 11.9 Å². The van der Waals surface area contributed by atoms with Crippen LogP contribution in [-0.2, 0) is 0 Å². The van der Waals surface area contributed by atoms with E-state index in [0.29, 0.717) is 0 Å². The molecule has 0 saturated heterocycles. The number of nitrogens with zero attached hydrogens (tertiary/aromatic N) is 2. The standard InChI is InChI=1S/C20H17N3S/c1-3-8-15(4-2)17-11-6-13-19(22-17)24-23-18-12-5-9-16-10-7-14-21-20(16)18/h3-14,23H,1-2H2/b15-8+.